The summed E-state index contributed by atoms with van der Waals surface area (Å²) in [6.07, 6.45) is 0.384. The molecule has 2 aromatic rings. The van der Waals surface area contributed by atoms with Crippen molar-refractivity contribution >= 4 is 50.1 Å². The van der Waals surface area contributed by atoms with Gasteiger partial charge in [-0.3, -0.25) is 19.7 Å². The van der Waals surface area contributed by atoms with E-state index in [-0.39, 0.29) is 59.8 Å². The molecule has 2 N–H and O–H groups in total. The lowest BCUT2D eigenvalue weighted by atomic mass is 10.0. The lowest BCUT2D eigenvalue weighted by Gasteiger charge is -2.26. The van der Waals surface area contributed by atoms with E-state index in [0.29, 0.717) is 18.5 Å². The molecular formula is C26H35N5O8S2. The first-order valence-electron chi connectivity index (χ1n) is 12.7. The predicted octanol–water partition coefficient (Wildman–Crippen LogP) is 1.60. The van der Waals surface area contributed by atoms with Crippen molar-refractivity contribution in [2.24, 2.45) is 0 Å². The minimum Gasteiger partial charge on any atom is -0.383 e. The molecule has 0 saturated heterocycles. The highest BCUT2D eigenvalue weighted by molar-refractivity contribution is 7.89. The van der Waals surface area contributed by atoms with Crippen LogP contribution in [0, 0.1) is 0 Å². The van der Waals surface area contributed by atoms with Crippen LogP contribution in [0.1, 0.15) is 38.1 Å². The summed E-state index contributed by atoms with van der Waals surface area (Å²) in [6.45, 7) is 2.82. The van der Waals surface area contributed by atoms with Crippen LogP contribution in [0.3, 0.4) is 0 Å². The molecule has 0 spiro atoms. The number of rotatable bonds is 11. The number of carbonyl (C=O) groups excluding carboxylic acids is 4. The van der Waals surface area contributed by atoms with Gasteiger partial charge in [-0.05, 0) is 36.2 Å². The van der Waals surface area contributed by atoms with Crippen LogP contribution in [0.5, 0.6) is 0 Å². The van der Waals surface area contributed by atoms with E-state index in [9.17, 15) is 27.6 Å². The number of nitrogens with one attached hydrogen (secondary N) is 2. The standard InChI is InChI=1S/C26H35N5O8S2/c1-17(32)30-11-10-20-21(16-30)40-25(22(20)24(34)28-26(35)29(2)3)27-23(33)18-6-8-19(9-7-18)41(36,37)31(12-14-38-4)13-15-39-5/h6-9H,10-16H2,1-5H3,(H,27,33)(H,28,34,35). The van der Waals surface area contributed by atoms with Crippen LogP contribution in [0.15, 0.2) is 29.2 Å². The first-order valence-corrected chi connectivity index (χ1v) is 15.0. The van der Waals surface area contributed by atoms with E-state index >= 15 is 0 Å². The molecule has 224 valence electrons. The van der Waals surface area contributed by atoms with Gasteiger partial charge in [0.15, 0.2) is 0 Å². The number of ether oxygens (including phenoxy) is 2. The molecular weight excluding hydrogens is 574 g/mol. The highest BCUT2D eigenvalue weighted by Gasteiger charge is 2.31. The zero-order valence-electron chi connectivity index (χ0n) is 23.7. The van der Waals surface area contributed by atoms with Crippen molar-refractivity contribution in [3.05, 3.63) is 45.8 Å². The molecule has 1 aromatic carbocycles. The monoisotopic (exact) mass is 609 g/mol. The summed E-state index contributed by atoms with van der Waals surface area (Å²) in [4.78, 5) is 54.1. The third kappa shape index (κ3) is 7.68. The minimum atomic E-state index is -3.88. The molecule has 0 fully saturated rings. The Kier molecular flexibility index (Phi) is 11.0. The number of nitrogens with zero attached hydrogens (tertiary/aromatic N) is 3. The van der Waals surface area contributed by atoms with Crippen LogP contribution in [0.2, 0.25) is 0 Å². The van der Waals surface area contributed by atoms with Gasteiger partial charge in [-0.25, -0.2) is 13.2 Å². The fraction of sp³-hybridized carbons (Fsp3) is 0.462. The third-order valence-electron chi connectivity index (χ3n) is 6.43. The Bertz CT molecular complexity index is 1380. The van der Waals surface area contributed by atoms with E-state index in [4.69, 9.17) is 9.47 Å². The van der Waals surface area contributed by atoms with E-state index in [1.807, 2.05) is 0 Å². The second kappa shape index (κ2) is 14.0. The van der Waals surface area contributed by atoms with Gasteiger partial charge in [0.25, 0.3) is 11.8 Å². The number of imide groups is 1. The van der Waals surface area contributed by atoms with Crippen LogP contribution in [0.4, 0.5) is 9.80 Å². The van der Waals surface area contributed by atoms with Gasteiger partial charge in [-0.1, -0.05) is 0 Å². The second-order valence-corrected chi connectivity index (χ2v) is 12.5. The van der Waals surface area contributed by atoms with Crippen molar-refractivity contribution in [3.63, 3.8) is 0 Å². The molecule has 13 nitrogen and oxygen atoms in total. The van der Waals surface area contributed by atoms with Crippen LogP contribution in [-0.2, 0) is 37.3 Å². The van der Waals surface area contributed by atoms with E-state index in [1.165, 1.54) is 68.7 Å². The number of carbonyl (C=O) groups is 4. The smallest absolute Gasteiger partial charge is 0.323 e. The third-order valence-corrected chi connectivity index (χ3v) is 9.47. The molecule has 0 radical (unpaired) electrons. The summed E-state index contributed by atoms with van der Waals surface area (Å²) in [6, 6.07) is 4.82. The fourth-order valence-electron chi connectivity index (χ4n) is 4.11. The number of urea groups is 1. The quantitative estimate of drug-likeness (QED) is 0.389. The van der Waals surface area contributed by atoms with Gasteiger partial charge >= 0.3 is 6.03 Å². The van der Waals surface area contributed by atoms with Gasteiger partial charge in [-0.2, -0.15) is 4.31 Å². The number of fused-ring (bicyclic) bond motifs is 1. The summed E-state index contributed by atoms with van der Waals surface area (Å²) in [5, 5.41) is 5.30. The van der Waals surface area contributed by atoms with Crippen LogP contribution >= 0.6 is 11.3 Å². The Labute approximate surface area is 243 Å². The van der Waals surface area contributed by atoms with Crippen molar-refractivity contribution in [2.45, 2.75) is 24.8 Å². The molecule has 15 heteroatoms. The van der Waals surface area contributed by atoms with Gasteiger partial charge in [0.2, 0.25) is 15.9 Å². The summed E-state index contributed by atoms with van der Waals surface area (Å²) in [5.74, 6) is -1.34. The molecule has 1 aromatic heterocycles. The zero-order chi connectivity index (χ0) is 30.3. The van der Waals surface area contributed by atoms with E-state index < -0.39 is 27.9 Å². The molecule has 0 aliphatic carbocycles. The van der Waals surface area contributed by atoms with Gasteiger partial charge < -0.3 is 24.6 Å². The fourth-order valence-corrected chi connectivity index (χ4v) is 6.78. The van der Waals surface area contributed by atoms with Crippen molar-refractivity contribution in [1.82, 2.24) is 19.4 Å². The highest BCUT2D eigenvalue weighted by Crippen LogP contribution is 2.37. The maximum Gasteiger partial charge on any atom is 0.323 e. The van der Waals surface area contributed by atoms with Crippen LogP contribution in [-0.4, -0.2) is 107 Å². The molecule has 41 heavy (non-hydrogen) atoms. The topological polar surface area (TPSA) is 155 Å². The first kappa shape index (κ1) is 32.1. The molecule has 0 bridgehead atoms. The SMILES string of the molecule is COCCN(CCOC)S(=O)(=O)c1ccc(C(=O)Nc2sc3c(c2C(=O)NC(=O)N(C)C)CCN(C(C)=O)C3)cc1. The Morgan fingerprint density at radius 3 is 2.15 bits per heavy atom. The van der Waals surface area contributed by atoms with Crippen molar-refractivity contribution in [3.8, 4) is 0 Å². The lowest BCUT2D eigenvalue weighted by molar-refractivity contribution is -0.129. The molecule has 5 amide bonds. The zero-order valence-corrected chi connectivity index (χ0v) is 25.3. The average Bonchev–Trinajstić information content (AvgIpc) is 3.29. The van der Waals surface area contributed by atoms with E-state index in [0.717, 1.165) is 16.2 Å². The summed E-state index contributed by atoms with van der Waals surface area (Å²) in [5.41, 5.74) is 1.00. The lowest BCUT2D eigenvalue weighted by Crippen LogP contribution is -2.39. The Hall–Kier alpha value is -3.37. The number of thiophene rings is 1. The molecule has 3 rings (SSSR count). The normalized spacial score (nSPS) is 13.1. The maximum absolute atomic E-state index is 13.2. The summed E-state index contributed by atoms with van der Waals surface area (Å²) >= 11 is 1.16. The Morgan fingerprint density at radius 1 is 1.00 bits per heavy atom. The maximum atomic E-state index is 13.2. The number of amides is 5. The van der Waals surface area contributed by atoms with E-state index in [1.54, 1.807) is 4.90 Å². The second-order valence-electron chi connectivity index (χ2n) is 9.42. The molecule has 1 aliphatic rings. The predicted molar refractivity (Wildman–Crippen MR) is 153 cm³/mol. The number of methoxy groups -OCH3 is 2. The average molecular weight is 610 g/mol. The summed E-state index contributed by atoms with van der Waals surface area (Å²) < 4.78 is 37.6. The number of benzene rings is 1. The molecule has 0 saturated carbocycles. The molecule has 0 atom stereocenters. The Morgan fingerprint density at radius 2 is 1.61 bits per heavy atom. The van der Waals surface area contributed by atoms with Crippen molar-refractivity contribution < 1.29 is 37.1 Å². The van der Waals surface area contributed by atoms with Crippen LogP contribution in [0.25, 0.3) is 0 Å². The van der Waals surface area contributed by atoms with Gasteiger partial charge in [0.1, 0.15) is 5.00 Å². The van der Waals surface area contributed by atoms with Gasteiger partial charge in [0.05, 0.1) is 30.2 Å². The molecule has 2 heterocycles. The number of hydrogen-bond donors (Lipinski definition) is 2. The highest BCUT2D eigenvalue weighted by atomic mass is 32.2. The van der Waals surface area contributed by atoms with Crippen LogP contribution < -0.4 is 10.6 Å². The number of hydrogen-bond acceptors (Lipinski definition) is 9. The van der Waals surface area contributed by atoms with E-state index in [2.05, 4.69) is 10.6 Å². The van der Waals surface area contributed by atoms with Crippen molar-refractivity contribution in [2.75, 3.05) is 66.5 Å². The summed E-state index contributed by atoms with van der Waals surface area (Å²) in [7, 11) is 2.08. The molecule has 0 unspecified atom stereocenters. The number of anilines is 1. The first-order chi connectivity index (χ1) is 19.4. The van der Waals surface area contributed by atoms with Crippen molar-refractivity contribution in [1.29, 1.82) is 0 Å². The van der Waals surface area contributed by atoms with Gasteiger partial charge in [-0.15, -0.1) is 11.3 Å². The number of sulfonamides is 1. The largest absolute Gasteiger partial charge is 0.383 e. The molecule has 1 aliphatic heterocycles. The minimum absolute atomic E-state index is 0.000525. The Balaban J connectivity index is 1.88. The van der Waals surface area contributed by atoms with Gasteiger partial charge in [0, 0.05) is 65.3 Å².